The molecule has 8 nitrogen and oxygen atoms in total. The van der Waals surface area contributed by atoms with Gasteiger partial charge in [-0.2, -0.15) is 5.26 Å². The normalized spacial score (nSPS) is 10.5. The molecule has 3 aromatic rings. The van der Waals surface area contributed by atoms with Crippen molar-refractivity contribution in [2.24, 2.45) is 0 Å². The van der Waals surface area contributed by atoms with Crippen LogP contribution in [0.15, 0.2) is 41.0 Å². The van der Waals surface area contributed by atoms with Crippen molar-refractivity contribution < 1.29 is 18.7 Å². The third-order valence-electron chi connectivity index (χ3n) is 4.66. The van der Waals surface area contributed by atoms with Crippen LogP contribution in [-0.4, -0.2) is 23.1 Å². The van der Waals surface area contributed by atoms with Crippen LogP contribution in [-0.2, 0) is 16.1 Å². The Kier molecular flexibility index (Phi) is 6.14. The van der Waals surface area contributed by atoms with Crippen molar-refractivity contribution in [1.82, 2.24) is 4.57 Å². The van der Waals surface area contributed by atoms with E-state index in [1.165, 1.54) is 12.1 Å². The minimum atomic E-state index is -0.774. The summed E-state index contributed by atoms with van der Waals surface area (Å²) in [5.41, 5.74) is 7.89. The SMILES string of the molecule is Cc1c(C#N)c(NC(=O)COC(=O)c2cc(Cl)ccc2N)n(Cc2ccco2)c1C. The van der Waals surface area contributed by atoms with Gasteiger partial charge in [0.15, 0.2) is 6.61 Å². The number of nitriles is 1. The number of nitrogens with two attached hydrogens (primary N) is 1. The fourth-order valence-electron chi connectivity index (χ4n) is 2.97. The number of nitrogens with one attached hydrogen (secondary N) is 1. The van der Waals surface area contributed by atoms with E-state index < -0.39 is 18.5 Å². The van der Waals surface area contributed by atoms with Gasteiger partial charge >= 0.3 is 5.97 Å². The number of furan rings is 1. The Balaban J connectivity index is 1.76. The molecule has 0 aliphatic rings. The molecule has 3 rings (SSSR count). The molecule has 0 bridgehead atoms. The molecule has 154 valence electrons. The molecule has 0 radical (unpaired) electrons. The fourth-order valence-corrected chi connectivity index (χ4v) is 3.14. The summed E-state index contributed by atoms with van der Waals surface area (Å²) in [6.07, 6.45) is 1.55. The average Bonchev–Trinajstić information content (AvgIpc) is 3.31. The average molecular weight is 427 g/mol. The minimum Gasteiger partial charge on any atom is -0.467 e. The molecule has 0 fully saturated rings. The lowest BCUT2D eigenvalue weighted by molar-refractivity contribution is -0.119. The lowest BCUT2D eigenvalue weighted by Gasteiger charge is -2.12. The van der Waals surface area contributed by atoms with Crippen LogP contribution < -0.4 is 11.1 Å². The summed E-state index contributed by atoms with van der Waals surface area (Å²) in [6.45, 7) is 3.41. The molecular formula is C21H19ClN4O4. The van der Waals surface area contributed by atoms with Crippen LogP contribution in [0, 0.1) is 25.2 Å². The highest BCUT2D eigenvalue weighted by molar-refractivity contribution is 6.31. The minimum absolute atomic E-state index is 0.0703. The number of carbonyl (C=O) groups excluding carboxylic acids is 2. The van der Waals surface area contributed by atoms with E-state index in [0.717, 1.165) is 11.3 Å². The molecule has 0 aliphatic carbocycles. The molecule has 30 heavy (non-hydrogen) atoms. The molecule has 2 aromatic heterocycles. The van der Waals surface area contributed by atoms with Gasteiger partial charge in [0, 0.05) is 16.4 Å². The van der Waals surface area contributed by atoms with Crippen LogP contribution in [0.2, 0.25) is 5.02 Å². The Morgan fingerprint density at radius 2 is 2.10 bits per heavy atom. The van der Waals surface area contributed by atoms with Crippen LogP contribution >= 0.6 is 11.6 Å². The molecule has 1 amide bonds. The van der Waals surface area contributed by atoms with E-state index in [1.807, 2.05) is 6.92 Å². The molecule has 2 heterocycles. The number of hydrogen-bond donors (Lipinski definition) is 2. The first-order valence-corrected chi connectivity index (χ1v) is 9.33. The Labute approximate surface area is 177 Å². The number of rotatable bonds is 6. The highest BCUT2D eigenvalue weighted by atomic mass is 35.5. The number of ether oxygens (including phenoxy) is 1. The Bertz CT molecular complexity index is 1140. The standard InChI is InChI=1S/C21H19ClN4O4/c1-12-13(2)26(10-15-4-3-7-29-15)20(17(12)9-23)25-19(27)11-30-21(28)16-8-14(22)5-6-18(16)24/h3-8H,10-11,24H2,1-2H3,(H,25,27). The lowest BCUT2D eigenvalue weighted by atomic mass is 10.2. The molecule has 3 N–H and O–H groups in total. The summed E-state index contributed by atoms with van der Waals surface area (Å²) in [5, 5.41) is 12.5. The highest BCUT2D eigenvalue weighted by Gasteiger charge is 2.21. The third kappa shape index (κ3) is 4.31. The number of anilines is 2. The van der Waals surface area contributed by atoms with Crippen LogP contribution in [0.4, 0.5) is 11.5 Å². The molecule has 0 unspecified atom stereocenters. The van der Waals surface area contributed by atoms with Gasteiger partial charge in [0.2, 0.25) is 0 Å². The van der Waals surface area contributed by atoms with E-state index in [9.17, 15) is 14.9 Å². The lowest BCUT2D eigenvalue weighted by Crippen LogP contribution is -2.23. The maximum Gasteiger partial charge on any atom is 0.340 e. The summed E-state index contributed by atoms with van der Waals surface area (Å²) < 4.78 is 12.2. The zero-order valence-corrected chi connectivity index (χ0v) is 17.1. The number of esters is 1. The Morgan fingerprint density at radius 3 is 2.77 bits per heavy atom. The van der Waals surface area contributed by atoms with Crippen LogP contribution in [0.25, 0.3) is 0 Å². The van der Waals surface area contributed by atoms with E-state index >= 15 is 0 Å². The van der Waals surface area contributed by atoms with Crippen LogP contribution in [0.1, 0.15) is 32.9 Å². The van der Waals surface area contributed by atoms with Crippen molar-refractivity contribution in [2.45, 2.75) is 20.4 Å². The topological polar surface area (TPSA) is 123 Å². The number of amides is 1. The van der Waals surface area contributed by atoms with Crippen LogP contribution in [0.5, 0.6) is 0 Å². The van der Waals surface area contributed by atoms with Crippen molar-refractivity contribution in [1.29, 1.82) is 5.26 Å². The van der Waals surface area contributed by atoms with Gasteiger partial charge in [-0.05, 0) is 49.7 Å². The first kappa shape index (κ1) is 21.0. The zero-order valence-electron chi connectivity index (χ0n) is 16.4. The van der Waals surface area contributed by atoms with Gasteiger partial charge in [-0.25, -0.2) is 4.79 Å². The van der Waals surface area contributed by atoms with E-state index in [0.29, 0.717) is 28.7 Å². The second kappa shape index (κ2) is 8.76. The van der Waals surface area contributed by atoms with E-state index in [4.69, 9.17) is 26.5 Å². The van der Waals surface area contributed by atoms with E-state index in [-0.39, 0.29) is 11.3 Å². The molecule has 1 aromatic carbocycles. The molecular weight excluding hydrogens is 408 g/mol. The fraction of sp³-hybridized carbons (Fsp3) is 0.190. The number of carbonyl (C=O) groups is 2. The molecule has 0 saturated carbocycles. The molecule has 9 heteroatoms. The van der Waals surface area contributed by atoms with Crippen molar-refractivity contribution >= 4 is 35.0 Å². The summed E-state index contributed by atoms with van der Waals surface area (Å²) in [5.74, 6) is -0.397. The van der Waals surface area contributed by atoms with Gasteiger partial charge < -0.3 is 24.8 Å². The monoisotopic (exact) mass is 426 g/mol. The summed E-state index contributed by atoms with van der Waals surface area (Å²) in [7, 11) is 0. The predicted molar refractivity (Wildman–Crippen MR) is 111 cm³/mol. The number of aromatic nitrogens is 1. The summed E-state index contributed by atoms with van der Waals surface area (Å²) >= 11 is 5.87. The van der Waals surface area contributed by atoms with Gasteiger partial charge in [0.1, 0.15) is 17.6 Å². The van der Waals surface area contributed by atoms with Gasteiger partial charge in [-0.15, -0.1) is 0 Å². The number of halogens is 1. The smallest absolute Gasteiger partial charge is 0.340 e. The molecule has 0 spiro atoms. The first-order valence-electron chi connectivity index (χ1n) is 8.96. The molecule has 0 saturated heterocycles. The zero-order chi connectivity index (χ0) is 21.8. The highest BCUT2D eigenvalue weighted by Crippen LogP contribution is 2.27. The van der Waals surface area contributed by atoms with E-state index in [1.54, 1.807) is 36.0 Å². The summed E-state index contributed by atoms with van der Waals surface area (Å²) in [4.78, 5) is 24.7. The second-order valence-electron chi connectivity index (χ2n) is 6.57. The Hall–Kier alpha value is -3.70. The number of hydrogen-bond acceptors (Lipinski definition) is 6. The first-order chi connectivity index (χ1) is 14.3. The van der Waals surface area contributed by atoms with Crippen molar-refractivity contribution in [3.05, 3.63) is 69.8 Å². The quantitative estimate of drug-likeness (QED) is 0.458. The van der Waals surface area contributed by atoms with Crippen molar-refractivity contribution in [3.63, 3.8) is 0 Å². The predicted octanol–water partition coefficient (Wildman–Crippen LogP) is 3.65. The number of nitrogens with zero attached hydrogens (tertiary/aromatic N) is 2. The van der Waals surface area contributed by atoms with Crippen molar-refractivity contribution in [2.75, 3.05) is 17.7 Å². The van der Waals surface area contributed by atoms with Gasteiger partial charge in [-0.3, -0.25) is 4.79 Å². The maximum atomic E-state index is 12.5. The Morgan fingerprint density at radius 1 is 1.33 bits per heavy atom. The van der Waals surface area contributed by atoms with Gasteiger partial charge in [0.25, 0.3) is 5.91 Å². The number of benzene rings is 1. The van der Waals surface area contributed by atoms with Crippen molar-refractivity contribution in [3.8, 4) is 6.07 Å². The maximum absolute atomic E-state index is 12.5. The molecule has 0 aliphatic heterocycles. The third-order valence-corrected chi connectivity index (χ3v) is 4.90. The van der Waals surface area contributed by atoms with Crippen LogP contribution in [0.3, 0.4) is 0 Å². The van der Waals surface area contributed by atoms with Gasteiger partial charge in [-0.1, -0.05) is 11.6 Å². The number of nitrogen functional groups attached to an aromatic ring is 1. The van der Waals surface area contributed by atoms with E-state index in [2.05, 4.69) is 11.4 Å². The second-order valence-corrected chi connectivity index (χ2v) is 7.00. The molecule has 0 atom stereocenters. The summed E-state index contributed by atoms with van der Waals surface area (Å²) in [6, 6.07) is 10.0. The largest absolute Gasteiger partial charge is 0.467 e. The van der Waals surface area contributed by atoms with Gasteiger partial charge in [0.05, 0.1) is 23.9 Å².